The Kier molecular flexibility index (Phi) is 6.90. The maximum atomic E-state index is 13.5. The van der Waals surface area contributed by atoms with Crippen molar-refractivity contribution in [1.29, 1.82) is 0 Å². The van der Waals surface area contributed by atoms with Crippen molar-refractivity contribution < 1.29 is 24.0 Å². The number of hydrogen-bond donors (Lipinski definition) is 0. The molecule has 0 atom stereocenters. The van der Waals surface area contributed by atoms with E-state index in [9.17, 15) is 19.7 Å². The highest BCUT2D eigenvalue weighted by Crippen LogP contribution is 2.45. The Labute approximate surface area is 206 Å². The maximum Gasteiger partial charge on any atom is 0.270 e. The third kappa shape index (κ3) is 4.52. The molecule has 2 aromatic rings. The van der Waals surface area contributed by atoms with Gasteiger partial charge >= 0.3 is 0 Å². The lowest BCUT2D eigenvalue weighted by molar-refractivity contribution is -0.384. The van der Waals surface area contributed by atoms with Crippen molar-refractivity contribution in [2.24, 2.45) is 0 Å². The van der Waals surface area contributed by atoms with E-state index in [1.165, 1.54) is 18.2 Å². The number of ether oxygens (including phenoxy) is 2. The van der Waals surface area contributed by atoms with Gasteiger partial charge in [0.05, 0.1) is 34.6 Å². The van der Waals surface area contributed by atoms with Crippen molar-refractivity contribution in [3.05, 3.63) is 62.7 Å². The normalized spacial score (nSPS) is 17.0. The van der Waals surface area contributed by atoms with E-state index < -0.39 is 9.79 Å². The van der Waals surface area contributed by atoms with Crippen LogP contribution in [0.5, 0.6) is 11.5 Å². The number of methoxy groups -OCH3 is 2. The molecule has 0 radical (unpaired) electrons. The first-order chi connectivity index (χ1) is 16.3. The Morgan fingerprint density at radius 1 is 1.03 bits per heavy atom. The number of halogens is 1. The van der Waals surface area contributed by atoms with Crippen LogP contribution in [0, 0.1) is 10.1 Å². The number of nitrogens with zero attached hydrogens (tertiary/aromatic N) is 3. The molecule has 1 spiro atoms. The van der Waals surface area contributed by atoms with Crippen LogP contribution >= 0.6 is 23.4 Å². The number of amides is 2. The van der Waals surface area contributed by atoms with Crippen molar-refractivity contribution in [2.45, 2.75) is 17.7 Å². The lowest BCUT2D eigenvalue weighted by Gasteiger charge is -2.44. The number of thioether (sulfide) groups is 1. The number of nitro groups is 1. The molecule has 2 heterocycles. The van der Waals surface area contributed by atoms with E-state index in [2.05, 4.69) is 0 Å². The summed E-state index contributed by atoms with van der Waals surface area (Å²) in [6.45, 7) is 1.51. The average molecular weight is 506 g/mol. The monoisotopic (exact) mass is 505 g/mol. The second-order valence-corrected chi connectivity index (χ2v) is 9.93. The van der Waals surface area contributed by atoms with Gasteiger partial charge in [-0.15, -0.1) is 11.8 Å². The summed E-state index contributed by atoms with van der Waals surface area (Å²) < 4.78 is 10.6. The number of hydrogen-bond acceptors (Lipinski definition) is 7. The van der Waals surface area contributed by atoms with Crippen molar-refractivity contribution in [1.82, 2.24) is 9.80 Å². The number of carbonyl (C=O) groups excluding carboxylic acids is 2. The van der Waals surface area contributed by atoms with Crippen LogP contribution in [0.25, 0.3) is 0 Å². The van der Waals surface area contributed by atoms with E-state index in [0.29, 0.717) is 49.5 Å². The van der Waals surface area contributed by atoms with Gasteiger partial charge in [0.25, 0.3) is 17.5 Å². The van der Waals surface area contributed by atoms with E-state index in [0.717, 1.165) is 5.75 Å². The van der Waals surface area contributed by atoms with E-state index in [4.69, 9.17) is 21.1 Å². The molecule has 0 N–H and O–H groups in total. The van der Waals surface area contributed by atoms with Crippen LogP contribution in [0.2, 0.25) is 5.02 Å². The zero-order valence-electron chi connectivity index (χ0n) is 18.8. The molecule has 11 heteroatoms. The highest BCUT2D eigenvalue weighted by Gasteiger charge is 2.47. The number of nitro benzene ring substituents is 1. The lowest BCUT2D eigenvalue weighted by atomic mass is 10.00. The highest BCUT2D eigenvalue weighted by atomic mass is 35.5. The summed E-state index contributed by atoms with van der Waals surface area (Å²) >= 11 is 7.90. The van der Waals surface area contributed by atoms with Gasteiger partial charge in [0.15, 0.2) is 0 Å². The summed E-state index contributed by atoms with van der Waals surface area (Å²) in [5, 5.41) is 11.0. The van der Waals surface area contributed by atoms with Crippen molar-refractivity contribution in [2.75, 3.05) is 39.6 Å². The van der Waals surface area contributed by atoms with E-state index in [1.54, 1.807) is 49.1 Å². The fourth-order valence-corrected chi connectivity index (χ4v) is 6.13. The molecule has 34 heavy (non-hydrogen) atoms. The van der Waals surface area contributed by atoms with Gasteiger partial charge in [-0.2, -0.15) is 0 Å². The van der Waals surface area contributed by atoms with Gasteiger partial charge < -0.3 is 19.3 Å². The first-order valence-electron chi connectivity index (χ1n) is 10.7. The summed E-state index contributed by atoms with van der Waals surface area (Å²) in [5.41, 5.74) is 0.567. The maximum absolute atomic E-state index is 13.5. The van der Waals surface area contributed by atoms with E-state index in [-0.39, 0.29) is 28.1 Å². The Bertz CT molecular complexity index is 1110. The number of piperidine rings is 1. The van der Waals surface area contributed by atoms with Crippen LogP contribution in [0.15, 0.2) is 36.4 Å². The lowest BCUT2D eigenvalue weighted by Crippen LogP contribution is -2.53. The molecule has 2 fully saturated rings. The number of rotatable bonds is 5. The quantitative estimate of drug-likeness (QED) is 0.445. The minimum absolute atomic E-state index is 0.0542. The van der Waals surface area contributed by atoms with Crippen molar-refractivity contribution in [3.63, 3.8) is 0 Å². The van der Waals surface area contributed by atoms with Gasteiger partial charge in [-0.05, 0) is 31.0 Å². The molecule has 2 aromatic carbocycles. The minimum atomic E-state index is -0.550. The number of benzene rings is 2. The smallest absolute Gasteiger partial charge is 0.270 e. The van der Waals surface area contributed by atoms with Gasteiger partial charge in [0.1, 0.15) is 11.5 Å². The number of carbonyl (C=O) groups is 2. The molecule has 0 saturated carbocycles. The van der Waals surface area contributed by atoms with Gasteiger partial charge in [-0.1, -0.05) is 11.6 Å². The molecule has 0 bridgehead atoms. The van der Waals surface area contributed by atoms with Gasteiger partial charge in [-0.25, -0.2) is 0 Å². The topological polar surface area (TPSA) is 102 Å². The molecule has 2 saturated heterocycles. The van der Waals surface area contributed by atoms with Gasteiger partial charge in [0, 0.05) is 49.1 Å². The molecule has 9 nitrogen and oxygen atoms in total. The Morgan fingerprint density at radius 3 is 2.24 bits per heavy atom. The van der Waals surface area contributed by atoms with Crippen LogP contribution < -0.4 is 9.47 Å². The average Bonchev–Trinajstić information content (AvgIpc) is 3.25. The first kappa shape index (κ1) is 24.2. The first-order valence-corrected chi connectivity index (χ1v) is 12.1. The van der Waals surface area contributed by atoms with Crippen LogP contribution in [0.4, 0.5) is 5.69 Å². The summed E-state index contributed by atoms with van der Waals surface area (Å²) in [7, 11) is 3.08. The van der Waals surface area contributed by atoms with Crippen molar-refractivity contribution in [3.8, 4) is 11.5 Å². The fourth-order valence-electron chi connectivity index (χ4n) is 4.42. The largest absolute Gasteiger partial charge is 0.497 e. The second kappa shape index (κ2) is 9.71. The fraction of sp³-hybridized carbons (Fsp3) is 0.391. The van der Waals surface area contributed by atoms with Crippen LogP contribution in [-0.2, 0) is 0 Å². The molecule has 2 aliphatic rings. The third-order valence-electron chi connectivity index (χ3n) is 6.25. The zero-order valence-corrected chi connectivity index (χ0v) is 20.4. The Balaban J connectivity index is 1.49. The molecule has 2 aliphatic heterocycles. The molecule has 0 aliphatic carbocycles. The number of non-ortho nitro benzene ring substituents is 1. The Hall–Kier alpha value is -2.98. The summed E-state index contributed by atoms with van der Waals surface area (Å²) in [4.78, 5) is 40.1. The predicted molar refractivity (Wildman–Crippen MR) is 129 cm³/mol. The minimum Gasteiger partial charge on any atom is -0.497 e. The molecule has 4 rings (SSSR count). The Morgan fingerprint density at radius 2 is 1.68 bits per heavy atom. The zero-order chi connectivity index (χ0) is 24.5. The standard InChI is InChI=1S/C23H24ClN3O6S/c1-32-17-11-15(12-18(14-17)33-2)21(28)26-9-10-34-23(26)5-7-25(8-6-23)22(29)19-4-3-16(27(30)31)13-20(19)24/h3-4,11-14H,5-10H2,1-2H3. The third-order valence-corrected chi connectivity index (χ3v) is 8.11. The van der Waals surface area contributed by atoms with E-state index in [1.807, 2.05) is 4.90 Å². The molecular formula is C23H24ClN3O6S. The van der Waals surface area contributed by atoms with Crippen molar-refractivity contribution >= 4 is 40.9 Å². The van der Waals surface area contributed by atoms with Crippen LogP contribution in [0.1, 0.15) is 33.6 Å². The molecule has 180 valence electrons. The summed E-state index contributed by atoms with van der Waals surface area (Å²) in [5.74, 6) is 1.54. The van der Waals surface area contributed by atoms with Gasteiger partial charge in [-0.3, -0.25) is 19.7 Å². The predicted octanol–water partition coefficient (Wildman–Crippen LogP) is 4.09. The molecule has 2 amide bonds. The molecular weight excluding hydrogens is 482 g/mol. The highest BCUT2D eigenvalue weighted by molar-refractivity contribution is 8.00. The SMILES string of the molecule is COc1cc(OC)cc(C(=O)N2CCSC23CCN(C(=O)c2ccc([N+](=O)[O-])cc2Cl)CC3)c1. The van der Waals surface area contributed by atoms with Gasteiger partial charge in [0.2, 0.25) is 0 Å². The summed E-state index contributed by atoms with van der Waals surface area (Å²) in [6, 6.07) is 8.99. The van der Waals surface area contributed by atoms with Crippen LogP contribution in [0.3, 0.4) is 0 Å². The van der Waals surface area contributed by atoms with Crippen LogP contribution in [-0.4, -0.2) is 71.0 Å². The number of likely N-dealkylation sites (tertiary alicyclic amines) is 1. The molecule has 0 aromatic heterocycles. The van der Waals surface area contributed by atoms with E-state index >= 15 is 0 Å². The summed E-state index contributed by atoms with van der Waals surface area (Å²) in [6.07, 6.45) is 1.22. The molecule has 0 unspecified atom stereocenters. The second-order valence-electron chi connectivity index (χ2n) is 8.07.